The van der Waals surface area contributed by atoms with Crippen LogP contribution in [-0.2, 0) is 28.5 Å². The number of esters is 2. The normalized spacial score (nSPS) is 20.4. The van der Waals surface area contributed by atoms with Crippen LogP contribution in [-0.4, -0.2) is 89.0 Å². The fourth-order valence-electron chi connectivity index (χ4n) is 6.25. The highest BCUT2D eigenvalue weighted by molar-refractivity contribution is 5.70. The van der Waals surface area contributed by atoms with Gasteiger partial charge in [0, 0.05) is 12.8 Å². The Labute approximate surface area is 333 Å². The second-order valence-corrected chi connectivity index (χ2v) is 14.9. The molecule has 1 aliphatic rings. The maximum absolute atomic E-state index is 12.7. The Morgan fingerprint density at radius 1 is 0.618 bits per heavy atom. The van der Waals surface area contributed by atoms with Crippen molar-refractivity contribution in [1.29, 1.82) is 0 Å². The molecule has 1 saturated heterocycles. The molecule has 0 radical (unpaired) electrons. The number of aliphatic hydroxyl groups excluding tert-OH is 4. The molecule has 1 rings (SSSR count). The Morgan fingerprint density at radius 2 is 1.13 bits per heavy atom. The third kappa shape index (κ3) is 27.9. The molecule has 6 atom stereocenters. The molecule has 0 aliphatic carbocycles. The highest BCUT2D eigenvalue weighted by Crippen LogP contribution is 2.22. The zero-order valence-corrected chi connectivity index (χ0v) is 34.5. The molecule has 10 heteroatoms. The van der Waals surface area contributed by atoms with Gasteiger partial charge < -0.3 is 39.4 Å². The molecule has 2 unspecified atom stereocenters. The van der Waals surface area contributed by atoms with Gasteiger partial charge in [-0.1, -0.05) is 115 Å². The maximum atomic E-state index is 12.7. The molecule has 0 aromatic heterocycles. The number of hydrogen-bond acceptors (Lipinski definition) is 10. The fraction of sp³-hybridized carbons (Fsp3) is 0.800. The lowest BCUT2D eigenvalue weighted by Gasteiger charge is -2.39. The van der Waals surface area contributed by atoms with Gasteiger partial charge in [-0.2, -0.15) is 0 Å². The van der Waals surface area contributed by atoms with Crippen molar-refractivity contribution in [3.05, 3.63) is 42.2 Å². The average molecular weight is 779 g/mol. The lowest BCUT2D eigenvalue weighted by atomic mass is 9.99. The van der Waals surface area contributed by atoms with Crippen molar-refractivity contribution < 1.29 is 49.0 Å². The summed E-state index contributed by atoms with van der Waals surface area (Å²) in [4.78, 5) is 25.3. The highest BCUT2D eigenvalue weighted by atomic mass is 16.7. The van der Waals surface area contributed by atoms with Gasteiger partial charge in [0.2, 0.25) is 0 Å². The Hall–Kier alpha value is -2.30. The van der Waals surface area contributed by atoms with E-state index in [4.69, 9.17) is 18.9 Å². The van der Waals surface area contributed by atoms with Crippen LogP contribution in [0.4, 0.5) is 0 Å². The van der Waals surface area contributed by atoms with Crippen LogP contribution in [0, 0.1) is 0 Å². The summed E-state index contributed by atoms with van der Waals surface area (Å²) in [5.74, 6) is -0.845. The Kier molecular flexibility index (Phi) is 33.3. The second-order valence-electron chi connectivity index (χ2n) is 14.9. The van der Waals surface area contributed by atoms with Crippen molar-refractivity contribution in [1.82, 2.24) is 0 Å². The van der Waals surface area contributed by atoms with Crippen LogP contribution < -0.4 is 0 Å². The number of aliphatic hydroxyl groups is 4. The Balaban J connectivity index is 2.38. The highest BCUT2D eigenvalue weighted by Gasteiger charge is 2.44. The predicted octanol–water partition coefficient (Wildman–Crippen LogP) is 8.87. The lowest BCUT2D eigenvalue weighted by Crippen LogP contribution is -2.59. The van der Waals surface area contributed by atoms with Crippen molar-refractivity contribution in [2.75, 3.05) is 19.8 Å². The largest absolute Gasteiger partial charge is 0.462 e. The number of carbonyl (C=O) groups is 2. The Morgan fingerprint density at radius 3 is 1.73 bits per heavy atom. The number of rotatable bonds is 35. The van der Waals surface area contributed by atoms with Crippen LogP contribution in [0.3, 0.4) is 0 Å². The minimum Gasteiger partial charge on any atom is -0.462 e. The summed E-state index contributed by atoms with van der Waals surface area (Å²) < 4.78 is 22.1. The van der Waals surface area contributed by atoms with E-state index in [2.05, 4.69) is 56.0 Å². The Bertz CT molecular complexity index is 1050. The minimum absolute atomic E-state index is 0.206. The van der Waals surface area contributed by atoms with Crippen molar-refractivity contribution in [2.24, 2.45) is 0 Å². The van der Waals surface area contributed by atoms with E-state index in [1.54, 1.807) is 0 Å². The molecule has 318 valence electrons. The molecular weight excluding hydrogens is 700 g/mol. The summed E-state index contributed by atoms with van der Waals surface area (Å²) in [5.41, 5.74) is 3.29. The summed E-state index contributed by atoms with van der Waals surface area (Å²) >= 11 is 0. The fourth-order valence-corrected chi connectivity index (χ4v) is 6.25. The molecule has 55 heavy (non-hydrogen) atoms. The molecule has 0 bridgehead atoms. The first-order chi connectivity index (χ1) is 26.8. The summed E-state index contributed by atoms with van der Waals surface area (Å²) in [7, 11) is 0. The van der Waals surface area contributed by atoms with Crippen LogP contribution >= 0.6 is 0 Å². The monoisotopic (exact) mass is 779 g/mol. The van der Waals surface area contributed by atoms with Crippen LogP contribution in [0.1, 0.15) is 174 Å². The van der Waals surface area contributed by atoms with Crippen LogP contribution in [0.25, 0.3) is 0 Å². The van der Waals surface area contributed by atoms with E-state index in [-0.39, 0.29) is 26.1 Å². The van der Waals surface area contributed by atoms with E-state index in [1.165, 1.54) is 57.8 Å². The SMILES string of the molecule is CCCCC/C=C/C/C=C/CCCCCCCC(=O)OC[C@@H](CO[C@H]1O[C@@H](CO)[C@@H](O)C(O)C1O)OC(=O)CCCCCCCC=C=CCCCCCCC. The van der Waals surface area contributed by atoms with Crippen molar-refractivity contribution in [2.45, 2.75) is 211 Å². The smallest absolute Gasteiger partial charge is 0.306 e. The van der Waals surface area contributed by atoms with Gasteiger partial charge in [0.25, 0.3) is 0 Å². The molecule has 1 fully saturated rings. The minimum atomic E-state index is -1.60. The lowest BCUT2D eigenvalue weighted by molar-refractivity contribution is -0.305. The standard InChI is InChI=1S/C45H78O10/c1-3-5-7-9-11-13-15-17-19-21-23-25-27-29-31-33-40(47)52-36-38(37-53-45-44(51)43(50)42(49)39(35-46)55-45)54-41(48)34-32-30-28-26-24-22-20-18-16-14-12-10-8-6-4-2/h11,13,16-17,19-20,38-39,42-46,49-51H,3-10,12,14-15,21-37H2,1-2H3/b13-11+,19-17+/t18?,38-,39-,42+,43?,44?,45-/m0/s1. The first kappa shape index (κ1) is 50.7. The van der Waals surface area contributed by atoms with E-state index in [0.29, 0.717) is 12.8 Å². The quantitative estimate of drug-likeness (QED) is 0.0213. The predicted molar refractivity (Wildman–Crippen MR) is 218 cm³/mol. The molecule has 1 aliphatic heterocycles. The molecule has 0 amide bonds. The van der Waals surface area contributed by atoms with Crippen LogP contribution in [0.5, 0.6) is 0 Å². The molecular formula is C45H78O10. The van der Waals surface area contributed by atoms with Crippen molar-refractivity contribution in [3.8, 4) is 0 Å². The van der Waals surface area contributed by atoms with Gasteiger partial charge in [-0.05, 0) is 82.8 Å². The molecule has 10 nitrogen and oxygen atoms in total. The van der Waals surface area contributed by atoms with Crippen molar-refractivity contribution in [3.63, 3.8) is 0 Å². The van der Waals surface area contributed by atoms with E-state index >= 15 is 0 Å². The number of allylic oxidation sites excluding steroid dienone is 5. The number of carbonyl (C=O) groups excluding carboxylic acids is 2. The van der Waals surface area contributed by atoms with Crippen LogP contribution in [0.2, 0.25) is 0 Å². The van der Waals surface area contributed by atoms with E-state index < -0.39 is 55.4 Å². The van der Waals surface area contributed by atoms with Crippen molar-refractivity contribution >= 4 is 11.9 Å². The van der Waals surface area contributed by atoms with Gasteiger partial charge in [-0.15, -0.1) is 5.73 Å². The number of ether oxygens (including phenoxy) is 4. The number of hydrogen-bond donors (Lipinski definition) is 4. The van der Waals surface area contributed by atoms with Gasteiger partial charge in [0.15, 0.2) is 12.4 Å². The summed E-state index contributed by atoms with van der Waals surface area (Å²) in [6.45, 7) is 3.33. The van der Waals surface area contributed by atoms with E-state index in [1.807, 2.05) is 0 Å². The molecule has 0 saturated carbocycles. The summed E-state index contributed by atoms with van der Waals surface area (Å²) in [5, 5.41) is 40.0. The molecule has 0 aromatic rings. The molecule has 4 N–H and O–H groups in total. The van der Waals surface area contributed by atoms with Crippen LogP contribution in [0.15, 0.2) is 42.2 Å². The summed E-state index contributed by atoms with van der Waals surface area (Å²) in [6, 6.07) is 0. The zero-order valence-electron chi connectivity index (χ0n) is 34.5. The molecule has 0 spiro atoms. The third-order valence-electron chi connectivity index (χ3n) is 9.77. The number of unbranched alkanes of at least 4 members (excludes halogenated alkanes) is 18. The third-order valence-corrected chi connectivity index (χ3v) is 9.77. The maximum Gasteiger partial charge on any atom is 0.306 e. The van der Waals surface area contributed by atoms with Gasteiger partial charge in [0.1, 0.15) is 31.0 Å². The van der Waals surface area contributed by atoms with Gasteiger partial charge in [-0.3, -0.25) is 9.59 Å². The average Bonchev–Trinajstić information content (AvgIpc) is 3.18. The van der Waals surface area contributed by atoms with Gasteiger partial charge in [0.05, 0.1) is 13.2 Å². The first-order valence-corrected chi connectivity index (χ1v) is 21.8. The summed E-state index contributed by atoms with van der Waals surface area (Å²) in [6.07, 6.45) is 30.7. The zero-order chi connectivity index (χ0) is 40.2. The topological polar surface area (TPSA) is 152 Å². The molecule has 1 heterocycles. The van der Waals surface area contributed by atoms with E-state index in [9.17, 15) is 30.0 Å². The second kappa shape index (κ2) is 36.1. The van der Waals surface area contributed by atoms with Gasteiger partial charge >= 0.3 is 11.9 Å². The molecule has 0 aromatic carbocycles. The van der Waals surface area contributed by atoms with Gasteiger partial charge in [-0.25, -0.2) is 0 Å². The first-order valence-electron chi connectivity index (χ1n) is 21.8. The van der Waals surface area contributed by atoms with E-state index in [0.717, 1.165) is 77.0 Å².